The Balaban J connectivity index is 1.36. The Morgan fingerprint density at radius 1 is 1.17 bits per heavy atom. The van der Waals surface area contributed by atoms with E-state index in [1.807, 2.05) is 35.4 Å². The molecule has 0 atom stereocenters. The van der Waals surface area contributed by atoms with Crippen molar-refractivity contribution in [3.8, 4) is 5.75 Å². The summed E-state index contributed by atoms with van der Waals surface area (Å²) in [6.07, 6.45) is 3.46. The van der Waals surface area contributed by atoms with Gasteiger partial charge in [0.2, 0.25) is 0 Å². The molecule has 0 radical (unpaired) electrons. The van der Waals surface area contributed by atoms with Gasteiger partial charge in [-0.2, -0.15) is 0 Å². The van der Waals surface area contributed by atoms with Gasteiger partial charge < -0.3 is 19.9 Å². The maximum absolute atomic E-state index is 14.3. The van der Waals surface area contributed by atoms with E-state index in [9.17, 15) is 9.18 Å². The molecule has 3 aromatic rings. The van der Waals surface area contributed by atoms with Crippen molar-refractivity contribution in [2.75, 3.05) is 19.7 Å². The molecule has 0 saturated carbocycles. The van der Waals surface area contributed by atoms with E-state index in [4.69, 9.17) is 10.5 Å². The van der Waals surface area contributed by atoms with Crippen molar-refractivity contribution < 1.29 is 13.9 Å². The van der Waals surface area contributed by atoms with E-state index in [-0.39, 0.29) is 17.6 Å². The number of carbonyl (C=O) groups excluding carboxylic acids is 1. The molecule has 1 amide bonds. The zero-order chi connectivity index (χ0) is 20.0. The summed E-state index contributed by atoms with van der Waals surface area (Å²) in [6.45, 7) is 3.02. The largest absolute Gasteiger partial charge is 0.490 e. The topological polar surface area (TPSA) is 60.5 Å². The van der Waals surface area contributed by atoms with Gasteiger partial charge in [0.1, 0.15) is 18.2 Å². The van der Waals surface area contributed by atoms with Crippen LogP contribution in [0.3, 0.4) is 0 Å². The molecule has 0 aliphatic carbocycles. The van der Waals surface area contributed by atoms with Crippen LogP contribution in [0.4, 0.5) is 4.39 Å². The first-order valence-corrected chi connectivity index (χ1v) is 10.2. The number of amides is 1. The molecule has 6 heteroatoms. The van der Waals surface area contributed by atoms with Crippen LogP contribution in [0.15, 0.2) is 42.6 Å². The number of hydrogen-bond acceptors (Lipinski definition) is 3. The Bertz CT molecular complexity index is 1080. The highest BCUT2D eigenvalue weighted by Gasteiger charge is 2.29. The summed E-state index contributed by atoms with van der Waals surface area (Å²) in [5, 5.41) is 0.941. The molecule has 5 nitrogen and oxygen atoms in total. The van der Waals surface area contributed by atoms with Crippen LogP contribution < -0.4 is 10.5 Å². The van der Waals surface area contributed by atoms with Crippen LogP contribution in [-0.2, 0) is 13.1 Å². The predicted molar refractivity (Wildman–Crippen MR) is 110 cm³/mol. The van der Waals surface area contributed by atoms with E-state index >= 15 is 0 Å². The maximum Gasteiger partial charge on any atom is 0.256 e. The zero-order valence-electron chi connectivity index (χ0n) is 16.2. The summed E-state index contributed by atoms with van der Waals surface area (Å²) >= 11 is 0. The third-order valence-electron chi connectivity index (χ3n) is 6.20. The van der Waals surface area contributed by atoms with E-state index in [0.29, 0.717) is 26.2 Å². The smallest absolute Gasteiger partial charge is 0.256 e. The van der Waals surface area contributed by atoms with Gasteiger partial charge >= 0.3 is 0 Å². The van der Waals surface area contributed by atoms with Gasteiger partial charge in [0.05, 0.1) is 17.6 Å². The molecule has 1 aromatic heterocycles. The summed E-state index contributed by atoms with van der Waals surface area (Å²) in [4.78, 5) is 15.2. The summed E-state index contributed by atoms with van der Waals surface area (Å²) in [5.74, 6) is 0.819. The van der Waals surface area contributed by atoms with Crippen molar-refractivity contribution in [3.63, 3.8) is 0 Å². The van der Waals surface area contributed by atoms with Crippen molar-refractivity contribution in [2.45, 2.75) is 31.8 Å². The number of hydrogen-bond donors (Lipinski definition) is 1. The van der Waals surface area contributed by atoms with Gasteiger partial charge in [-0.25, -0.2) is 4.39 Å². The second-order valence-electron chi connectivity index (χ2n) is 7.86. The third kappa shape index (κ3) is 3.08. The highest BCUT2D eigenvalue weighted by Crippen LogP contribution is 2.35. The summed E-state index contributed by atoms with van der Waals surface area (Å²) in [5.41, 5.74) is 9.10. The van der Waals surface area contributed by atoms with Crippen LogP contribution in [0.5, 0.6) is 5.75 Å². The Labute approximate surface area is 168 Å². The molecule has 0 spiro atoms. The third-order valence-corrected chi connectivity index (χ3v) is 6.20. The number of rotatable bonds is 3. The van der Waals surface area contributed by atoms with Gasteiger partial charge in [0.25, 0.3) is 5.91 Å². The molecule has 1 fully saturated rings. The van der Waals surface area contributed by atoms with Gasteiger partial charge in [-0.3, -0.25) is 4.79 Å². The van der Waals surface area contributed by atoms with E-state index in [2.05, 4.69) is 4.57 Å². The minimum Gasteiger partial charge on any atom is -0.490 e. The number of para-hydroxylation sites is 1. The zero-order valence-corrected chi connectivity index (χ0v) is 16.2. The summed E-state index contributed by atoms with van der Waals surface area (Å²) in [7, 11) is 0. The van der Waals surface area contributed by atoms with E-state index in [1.165, 1.54) is 6.07 Å². The average Bonchev–Trinajstić information content (AvgIpc) is 3.15. The Morgan fingerprint density at radius 2 is 2.00 bits per heavy atom. The number of likely N-dealkylation sites (tertiary alicyclic amines) is 1. The Kier molecular flexibility index (Phi) is 4.51. The van der Waals surface area contributed by atoms with E-state index in [0.717, 1.165) is 52.7 Å². The SMILES string of the molecule is NCc1ccc(F)c(C2CCN(C(=O)c3cn4c5c(cccc35)OCC4)CC2)c1. The molecule has 150 valence electrons. The lowest BCUT2D eigenvalue weighted by atomic mass is 9.88. The second kappa shape index (κ2) is 7.19. The standard InChI is InChI=1S/C23H24FN3O2/c24-20-5-4-15(13-25)12-18(20)16-6-8-26(9-7-16)23(28)19-14-27-10-11-29-21-3-1-2-17(19)22(21)27/h1-5,12,14,16H,6-11,13,25H2. The number of benzene rings is 2. The van der Waals surface area contributed by atoms with Crippen LogP contribution >= 0.6 is 0 Å². The quantitative estimate of drug-likeness (QED) is 0.739. The molecule has 2 aliphatic heterocycles. The van der Waals surface area contributed by atoms with Crippen molar-refractivity contribution in [1.29, 1.82) is 0 Å². The summed E-state index contributed by atoms with van der Waals surface area (Å²) < 4.78 is 22.2. The lowest BCUT2D eigenvalue weighted by Gasteiger charge is -2.32. The molecular weight excluding hydrogens is 369 g/mol. The molecule has 0 bridgehead atoms. The number of nitrogens with two attached hydrogens (primary N) is 1. The van der Waals surface area contributed by atoms with Crippen LogP contribution in [0, 0.1) is 5.82 Å². The molecule has 5 rings (SSSR count). The molecule has 2 aromatic carbocycles. The fraction of sp³-hybridized carbons (Fsp3) is 0.348. The first-order valence-electron chi connectivity index (χ1n) is 10.2. The minimum atomic E-state index is -0.180. The number of piperidine rings is 1. The molecule has 2 N–H and O–H groups in total. The second-order valence-corrected chi connectivity index (χ2v) is 7.86. The van der Waals surface area contributed by atoms with Gasteiger partial charge in [0, 0.05) is 31.2 Å². The first kappa shape index (κ1) is 18.2. The van der Waals surface area contributed by atoms with Gasteiger partial charge in [-0.05, 0) is 42.0 Å². The minimum absolute atomic E-state index is 0.0439. The van der Waals surface area contributed by atoms with Gasteiger partial charge in [-0.15, -0.1) is 0 Å². The van der Waals surface area contributed by atoms with Crippen LogP contribution in [0.1, 0.15) is 40.2 Å². The normalized spacial score (nSPS) is 16.8. The highest BCUT2D eigenvalue weighted by molar-refractivity contribution is 6.08. The maximum atomic E-state index is 14.3. The molecule has 29 heavy (non-hydrogen) atoms. The van der Waals surface area contributed by atoms with Crippen molar-refractivity contribution >= 4 is 16.8 Å². The van der Waals surface area contributed by atoms with Crippen LogP contribution in [0.2, 0.25) is 0 Å². The number of carbonyl (C=O) groups is 1. The molecule has 1 saturated heterocycles. The van der Waals surface area contributed by atoms with Crippen molar-refractivity contribution in [2.24, 2.45) is 5.73 Å². The Morgan fingerprint density at radius 3 is 2.79 bits per heavy atom. The van der Waals surface area contributed by atoms with Crippen LogP contribution in [0.25, 0.3) is 10.9 Å². The number of nitrogens with zero attached hydrogens (tertiary/aromatic N) is 2. The lowest BCUT2D eigenvalue weighted by molar-refractivity contribution is 0.0714. The average molecular weight is 393 g/mol. The summed E-state index contributed by atoms with van der Waals surface area (Å²) in [6, 6.07) is 11.0. The fourth-order valence-corrected chi connectivity index (χ4v) is 4.64. The lowest BCUT2D eigenvalue weighted by Crippen LogP contribution is -2.38. The molecule has 2 aliphatic rings. The Hall–Kier alpha value is -2.86. The van der Waals surface area contributed by atoms with Gasteiger partial charge in [0.15, 0.2) is 0 Å². The first-order chi connectivity index (χ1) is 14.2. The molecule has 0 unspecified atom stereocenters. The monoisotopic (exact) mass is 393 g/mol. The highest BCUT2D eigenvalue weighted by atomic mass is 19.1. The van der Waals surface area contributed by atoms with Gasteiger partial charge in [-0.1, -0.05) is 24.3 Å². The number of halogens is 1. The molecular formula is C23H24FN3O2. The van der Waals surface area contributed by atoms with E-state index < -0.39 is 0 Å². The number of aromatic nitrogens is 1. The fourth-order valence-electron chi connectivity index (χ4n) is 4.64. The predicted octanol–water partition coefficient (Wildman–Crippen LogP) is 3.65. The van der Waals surface area contributed by atoms with Crippen molar-refractivity contribution in [1.82, 2.24) is 9.47 Å². The van der Waals surface area contributed by atoms with E-state index in [1.54, 1.807) is 6.07 Å². The van der Waals surface area contributed by atoms with Crippen LogP contribution in [-0.4, -0.2) is 35.1 Å². The van der Waals surface area contributed by atoms with Crippen molar-refractivity contribution in [3.05, 3.63) is 65.1 Å². The molecule has 3 heterocycles. The number of ether oxygens (including phenoxy) is 1.